The Hall–Kier alpha value is -1.76. The lowest BCUT2D eigenvalue weighted by Crippen LogP contribution is -2.69. The highest BCUT2D eigenvalue weighted by atomic mass is 32.2. The summed E-state index contributed by atoms with van der Waals surface area (Å²) in [6, 6.07) is 0. The molecule has 25 heteroatoms. The van der Waals surface area contributed by atoms with Crippen molar-refractivity contribution >= 4 is 31.7 Å². The average molecular weight is 1600 g/mol. The second kappa shape index (κ2) is 44.3. The van der Waals surface area contributed by atoms with Gasteiger partial charge in [0.25, 0.3) is 0 Å². The number of nitrogens with zero attached hydrogens (tertiary/aromatic N) is 12. The number of nitrogens with two attached hydrogens (primary N) is 2. The normalized spacial score (nSPS) is 23.7. The van der Waals surface area contributed by atoms with E-state index in [2.05, 4.69) is 274 Å². The summed E-state index contributed by atoms with van der Waals surface area (Å²) in [6.07, 6.45) is 8.76. The Labute approximate surface area is 679 Å². The first kappa shape index (κ1) is 104. The summed E-state index contributed by atoms with van der Waals surface area (Å²) >= 11 is 0. The van der Waals surface area contributed by atoms with E-state index in [4.69, 9.17) is 20.9 Å². The van der Waals surface area contributed by atoms with Crippen molar-refractivity contribution in [2.45, 2.75) is 302 Å². The number of likely N-dealkylation sites (tertiary alicyclic amines) is 5. The number of rotatable bonds is 3. The molecule has 0 aromatic heterocycles. The quantitative estimate of drug-likeness (QED) is 0.239. The minimum absolute atomic E-state index is 0.0919. The molecule has 0 atom stereocenters. The van der Waals surface area contributed by atoms with Crippen LogP contribution in [0.3, 0.4) is 0 Å². The maximum atomic E-state index is 11.3. The van der Waals surface area contributed by atoms with E-state index < -0.39 is 19.9 Å². The SMILES string of the molecule is CC(C)(C)N1CC(C(N)=O)C1.CC(C)(C)N1CC2(COC2)C1.CC(C)(C)N1CCC(C(N)=O)CC1.CC(C)(C)N1CCC1.CC(C)(C)N1CCCCC1.CC(C)(C)N1CCN(S(C)(=O)=O)CC1.CC(C)(C)N1CCNCC1.CC(C)(C)N1CCOCC1.CC(C)(C)N1CCS(=O)(=O)CC1.CN1CCN(C(C)(C)C)CC1. The molecule has 0 aliphatic carbocycles. The van der Waals surface area contributed by atoms with Gasteiger partial charge in [-0.1, -0.05) is 6.42 Å². The molecule has 0 aromatic carbocycles. The summed E-state index contributed by atoms with van der Waals surface area (Å²) in [5.74, 6) is 0.557. The van der Waals surface area contributed by atoms with Gasteiger partial charge in [-0.05, 0) is 286 Å². The predicted octanol–water partition coefficient (Wildman–Crippen LogP) is 9.78. The molecule has 0 radical (unpaired) electrons. The largest absolute Gasteiger partial charge is 0.380 e. The summed E-state index contributed by atoms with van der Waals surface area (Å²) in [6.45, 7) is 98.1. The van der Waals surface area contributed by atoms with E-state index in [1.807, 2.05) is 0 Å². The van der Waals surface area contributed by atoms with Gasteiger partial charge in [-0.25, -0.2) is 16.8 Å². The molecule has 0 bridgehead atoms. The van der Waals surface area contributed by atoms with Crippen LogP contribution in [0.15, 0.2) is 0 Å². The number of nitrogens with one attached hydrogen (secondary N) is 1. The highest BCUT2D eigenvalue weighted by Gasteiger charge is 2.51. The zero-order chi connectivity index (χ0) is 84.7. The van der Waals surface area contributed by atoms with Gasteiger partial charge < -0.3 is 31.2 Å². The van der Waals surface area contributed by atoms with Gasteiger partial charge in [0.15, 0.2) is 9.84 Å². The van der Waals surface area contributed by atoms with Gasteiger partial charge in [0.1, 0.15) is 0 Å². The van der Waals surface area contributed by atoms with Crippen LogP contribution in [-0.4, -0.2) is 364 Å². The first-order valence-electron chi connectivity index (χ1n) is 42.6. The molecule has 11 aliphatic heterocycles. The summed E-state index contributed by atoms with van der Waals surface area (Å²) < 4.78 is 56.7. The van der Waals surface area contributed by atoms with E-state index in [1.54, 1.807) is 4.31 Å². The van der Waals surface area contributed by atoms with Gasteiger partial charge in [-0.2, -0.15) is 4.31 Å². The molecule has 11 fully saturated rings. The van der Waals surface area contributed by atoms with Crippen molar-refractivity contribution in [3.05, 3.63) is 0 Å². The summed E-state index contributed by atoms with van der Waals surface area (Å²) in [5.41, 5.74) is 13.9. The lowest BCUT2D eigenvalue weighted by molar-refractivity contribution is -0.207. The van der Waals surface area contributed by atoms with E-state index in [-0.39, 0.29) is 45.8 Å². The van der Waals surface area contributed by atoms with Gasteiger partial charge in [0, 0.05) is 198 Å². The number of sulfone groups is 1. The van der Waals surface area contributed by atoms with Crippen molar-refractivity contribution < 1.29 is 35.9 Å². The fourth-order valence-electron chi connectivity index (χ4n) is 14.5. The lowest BCUT2D eigenvalue weighted by Gasteiger charge is -2.59. The van der Waals surface area contributed by atoms with Crippen molar-refractivity contribution in [3.63, 3.8) is 0 Å². The van der Waals surface area contributed by atoms with Crippen molar-refractivity contribution in [1.29, 1.82) is 0 Å². The van der Waals surface area contributed by atoms with Crippen LogP contribution in [-0.2, 0) is 38.9 Å². The summed E-state index contributed by atoms with van der Waals surface area (Å²) in [5, 5.41) is 3.35. The molecule has 0 saturated carbocycles. The Morgan fingerprint density at radius 3 is 0.936 bits per heavy atom. The van der Waals surface area contributed by atoms with Crippen LogP contribution in [0.2, 0.25) is 0 Å². The number of hydrogen-bond acceptors (Lipinski definition) is 20. The van der Waals surface area contributed by atoms with E-state index in [1.165, 1.54) is 110 Å². The molecule has 5 N–H and O–H groups in total. The van der Waals surface area contributed by atoms with Crippen LogP contribution >= 0.6 is 0 Å². The molecule has 11 aliphatic rings. The Morgan fingerprint density at radius 2 is 0.664 bits per heavy atom. The molecule has 11 rings (SSSR count). The van der Waals surface area contributed by atoms with E-state index in [0.29, 0.717) is 76.3 Å². The number of carbonyl (C=O) groups excluding carboxylic acids is 2. The molecule has 0 aromatic rings. The van der Waals surface area contributed by atoms with Gasteiger partial charge in [0.2, 0.25) is 21.8 Å². The van der Waals surface area contributed by atoms with Crippen molar-refractivity contribution in [2.24, 2.45) is 28.7 Å². The minimum Gasteiger partial charge on any atom is -0.380 e. The average Bonchev–Trinajstić information content (AvgIpc) is 0.746. The van der Waals surface area contributed by atoms with Crippen molar-refractivity contribution in [1.82, 2.24) is 63.5 Å². The van der Waals surface area contributed by atoms with E-state index in [0.717, 1.165) is 105 Å². The molecule has 654 valence electrons. The van der Waals surface area contributed by atoms with Crippen LogP contribution in [0.5, 0.6) is 0 Å². The molecule has 23 nitrogen and oxygen atoms in total. The number of sulfonamides is 1. The first-order chi connectivity index (χ1) is 49.8. The monoisotopic (exact) mass is 1600 g/mol. The van der Waals surface area contributed by atoms with E-state index >= 15 is 0 Å². The van der Waals surface area contributed by atoms with Crippen LogP contribution in [0.1, 0.15) is 246 Å². The third-order valence-corrected chi connectivity index (χ3v) is 26.3. The fraction of sp³-hybridized carbons (Fsp3) is 0.976. The highest BCUT2D eigenvalue weighted by Crippen LogP contribution is 2.41. The Morgan fingerprint density at radius 1 is 0.364 bits per heavy atom. The summed E-state index contributed by atoms with van der Waals surface area (Å²) in [4.78, 5) is 48.3. The minimum atomic E-state index is -2.99. The number of likely N-dealkylation sites (N-methyl/N-ethyl adjacent to an activating group) is 1. The number of morpholine rings is 1. The Bertz CT molecular complexity index is 2710. The number of ether oxygens (including phenoxy) is 2. The molecule has 11 saturated heterocycles. The van der Waals surface area contributed by atoms with Crippen LogP contribution in [0.4, 0.5) is 0 Å². The summed E-state index contributed by atoms with van der Waals surface area (Å²) in [7, 11) is -3.51. The standard InChI is InChI=1S/C10H20N2O.C9H20N2O2S.C9H20N2.C9H17NO.C9H19N.C8H16N2O.C8H18N2.C8H17NO2S.C8H17NO.C7H15N/c1-10(2,3)12-6-4-8(5-7-12)9(11)13;1-9(2,3)10-5-7-11(8-6-10)14(4,12)13;1-9(2,3)11-7-5-10(4)6-8-11;1-8(2,3)10-4-9(5-10)6-11-7-9;1-9(2,3)10-7-5-4-6-8-10;1-8(2,3)10-4-6(5-10)7(9)11;1-8(2,3)10-6-4-9-5-7-10;1-8(2,3)9-4-6-12(10,11)7-5-9;1-8(2,3)9-4-6-10-7-5-9;1-7(2,3)8-5-4-6-8/h8H,4-7H2,1-3H3,(H2,11,13);5-8H2,1-4H3;5-8H2,1-4H3;4-7H2,1-3H3;4-8H2,1-3H3;6H,4-5H2,1-3H3,(H2,9,11);9H,4-7H2,1-3H3;4-7H2,1-3H3;4-7H2,1-3H3;4-6H2,1-3H3. The molecule has 2 amide bonds. The second-order valence-corrected chi connectivity index (χ2v) is 47.3. The third kappa shape index (κ3) is 40.6. The number of piperidine rings is 2. The molecule has 1 spiro atoms. The highest BCUT2D eigenvalue weighted by molar-refractivity contribution is 7.91. The Balaban J connectivity index is 0.000000416. The number of piperazine rings is 3. The maximum absolute atomic E-state index is 11.3. The number of carbonyl (C=O) groups is 2. The molecular formula is C85H179N15O8S2. The number of hydrogen-bond donors (Lipinski definition) is 3. The number of primary amides is 2. The predicted molar refractivity (Wildman–Crippen MR) is 466 cm³/mol. The van der Waals surface area contributed by atoms with Crippen LogP contribution < -0.4 is 16.8 Å². The van der Waals surface area contributed by atoms with Gasteiger partial charge >= 0.3 is 0 Å². The zero-order valence-electron chi connectivity index (χ0n) is 77.6. The van der Waals surface area contributed by atoms with Crippen LogP contribution in [0.25, 0.3) is 0 Å². The second-order valence-electron chi connectivity index (χ2n) is 43.0. The first-order valence-corrected chi connectivity index (χ1v) is 46.2. The molecule has 110 heavy (non-hydrogen) atoms. The van der Waals surface area contributed by atoms with Gasteiger partial charge in [-0.3, -0.25) is 58.6 Å². The molecule has 0 unspecified atom stereocenters. The zero-order valence-corrected chi connectivity index (χ0v) is 79.3. The molecular weight excluding hydrogens is 1420 g/mol. The van der Waals surface area contributed by atoms with E-state index in [9.17, 15) is 26.4 Å². The van der Waals surface area contributed by atoms with Crippen LogP contribution in [0, 0.1) is 17.3 Å². The fourth-order valence-corrected chi connectivity index (χ4v) is 16.6. The topological polar surface area (TPSA) is 224 Å². The lowest BCUT2D eigenvalue weighted by atomic mass is 9.75. The smallest absolute Gasteiger partial charge is 0.223 e. The Kier molecular flexibility index (Phi) is 42.0. The number of amides is 2. The van der Waals surface area contributed by atoms with Crippen molar-refractivity contribution in [3.8, 4) is 0 Å². The van der Waals surface area contributed by atoms with Gasteiger partial charge in [0.05, 0.1) is 50.1 Å². The van der Waals surface area contributed by atoms with Crippen molar-refractivity contribution in [2.75, 3.05) is 221 Å². The van der Waals surface area contributed by atoms with Gasteiger partial charge in [-0.15, -0.1) is 0 Å². The third-order valence-electron chi connectivity index (χ3n) is 23.4. The maximum Gasteiger partial charge on any atom is 0.223 e. The molecule has 11 heterocycles.